The lowest BCUT2D eigenvalue weighted by atomic mass is 9.96. The van der Waals surface area contributed by atoms with Crippen LogP contribution in [0.15, 0.2) is 0 Å². The number of aliphatic hydroxyl groups is 1. The van der Waals surface area contributed by atoms with Crippen molar-refractivity contribution >= 4 is 11.8 Å². The van der Waals surface area contributed by atoms with Crippen molar-refractivity contribution in [2.45, 2.75) is 58.7 Å². The van der Waals surface area contributed by atoms with Crippen LogP contribution in [0.1, 0.15) is 66.0 Å². The number of carbonyl (C=O) groups is 2. The van der Waals surface area contributed by atoms with Gasteiger partial charge in [-0.3, -0.25) is 4.79 Å². The number of esters is 1. The van der Waals surface area contributed by atoms with Crippen molar-refractivity contribution in [3.63, 3.8) is 0 Å². The van der Waals surface area contributed by atoms with E-state index >= 15 is 0 Å². The van der Waals surface area contributed by atoms with Crippen LogP contribution in [0.3, 0.4) is 0 Å². The molecule has 1 aliphatic rings. The molecule has 0 bridgehead atoms. The molecule has 0 spiro atoms. The van der Waals surface area contributed by atoms with E-state index in [-0.39, 0.29) is 5.78 Å². The van der Waals surface area contributed by atoms with Gasteiger partial charge < -0.3 is 14.8 Å². The maximum atomic E-state index is 12.2. The molecule has 2 N–H and O–H groups in total. The Morgan fingerprint density at radius 3 is 2.65 bits per heavy atom. The lowest BCUT2D eigenvalue weighted by Gasteiger charge is -2.20. The van der Waals surface area contributed by atoms with E-state index in [0.717, 1.165) is 18.5 Å². The molecule has 0 aromatic carbocycles. The van der Waals surface area contributed by atoms with Gasteiger partial charge in [0.05, 0.1) is 6.10 Å². The summed E-state index contributed by atoms with van der Waals surface area (Å²) in [6.07, 6.45) is 1.61. The summed E-state index contributed by atoms with van der Waals surface area (Å²) in [5, 5.41) is 9.72. The molecule has 0 amide bonds. The number of aryl methyl sites for hydroxylation is 1. The lowest BCUT2D eigenvalue weighted by molar-refractivity contribution is -0.129. The first-order valence-electron chi connectivity index (χ1n) is 7.02. The summed E-state index contributed by atoms with van der Waals surface area (Å²) < 4.78 is 5.32. The third-order valence-corrected chi connectivity index (χ3v) is 3.87. The molecule has 0 radical (unpaired) electrons. The third kappa shape index (κ3) is 2.77. The molecule has 2 atom stereocenters. The maximum absolute atomic E-state index is 12.2. The summed E-state index contributed by atoms with van der Waals surface area (Å²) in [5.74, 6) is -0.515. The van der Waals surface area contributed by atoms with Gasteiger partial charge in [0, 0.05) is 17.7 Å². The minimum atomic E-state index is -0.649. The summed E-state index contributed by atoms with van der Waals surface area (Å²) in [4.78, 5) is 26.8. The minimum Gasteiger partial charge on any atom is -0.450 e. The highest BCUT2D eigenvalue weighted by molar-refractivity contribution is 5.93. The number of aromatic amines is 1. The molecule has 110 valence electrons. The van der Waals surface area contributed by atoms with Crippen LogP contribution >= 0.6 is 0 Å². The van der Waals surface area contributed by atoms with E-state index in [9.17, 15) is 14.7 Å². The number of nitrogens with one attached hydrogen (secondary N) is 1. The fourth-order valence-corrected chi connectivity index (χ4v) is 2.86. The van der Waals surface area contributed by atoms with Gasteiger partial charge in [-0.2, -0.15) is 0 Å². The number of Topliss-reactive ketones (excluding diaryl/α,β-unsaturated/α-hetero) is 1. The summed E-state index contributed by atoms with van der Waals surface area (Å²) in [5.41, 5.74) is 2.48. The maximum Gasteiger partial charge on any atom is 0.355 e. The summed E-state index contributed by atoms with van der Waals surface area (Å²) in [6.45, 7) is 5.23. The summed E-state index contributed by atoms with van der Waals surface area (Å²) in [7, 11) is 0. The summed E-state index contributed by atoms with van der Waals surface area (Å²) in [6, 6.07) is 0. The van der Waals surface area contributed by atoms with Crippen molar-refractivity contribution < 1.29 is 19.4 Å². The first kappa shape index (κ1) is 14.8. The highest BCUT2D eigenvalue weighted by atomic mass is 16.5. The molecular weight excluding hydrogens is 258 g/mol. The SMILES string of the molecule is Cc1[nH]c(C(=O)O[C@H]2CCCCC2=O)c(C)c1[C@H](C)O. The minimum absolute atomic E-state index is 0.00119. The first-order valence-corrected chi connectivity index (χ1v) is 7.02. The highest BCUT2D eigenvalue weighted by Crippen LogP contribution is 2.26. The Labute approximate surface area is 118 Å². The molecule has 1 fully saturated rings. The van der Waals surface area contributed by atoms with Gasteiger partial charge in [-0.1, -0.05) is 0 Å². The third-order valence-electron chi connectivity index (χ3n) is 3.87. The van der Waals surface area contributed by atoms with Gasteiger partial charge in [-0.15, -0.1) is 0 Å². The average molecular weight is 279 g/mol. The summed E-state index contributed by atoms with van der Waals surface area (Å²) >= 11 is 0. The van der Waals surface area contributed by atoms with Crippen LogP contribution in [0.5, 0.6) is 0 Å². The van der Waals surface area contributed by atoms with Crippen LogP contribution in [-0.2, 0) is 9.53 Å². The molecule has 0 saturated heterocycles. The van der Waals surface area contributed by atoms with Crippen molar-refractivity contribution in [2.24, 2.45) is 0 Å². The number of carbonyl (C=O) groups excluding carboxylic acids is 2. The van der Waals surface area contributed by atoms with E-state index in [1.54, 1.807) is 20.8 Å². The van der Waals surface area contributed by atoms with E-state index in [4.69, 9.17) is 4.74 Å². The normalized spacial score (nSPS) is 20.8. The quantitative estimate of drug-likeness (QED) is 0.832. The Morgan fingerprint density at radius 2 is 2.10 bits per heavy atom. The molecule has 1 aromatic rings. The van der Waals surface area contributed by atoms with Crippen LogP contribution in [0, 0.1) is 13.8 Å². The number of ether oxygens (including phenoxy) is 1. The zero-order valence-corrected chi connectivity index (χ0v) is 12.2. The molecule has 1 aromatic heterocycles. The van der Waals surface area contributed by atoms with Gasteiger partial charge in [0.15, 0.2) is 11.9 Å². The molecule has 1 saturated carbocycles. The Hall–Kier alpha value is -1.62. The Kier molecular flexibility index (Phi) is 4.28. The van der Waals surface area contributed by atoms with Gasteiger partial charge in [-0.05, 0) is 45.6 Å². The van der Waals surface area contributed by atoms with Crippen LogP contribution in [0.4, 0.5) is 0 Å². The molecule has 2 rings (SSSR count). The number of hydrogen-bond acceptors (Lipinski definition) is 4. The van der Waals surface area contributed by atoms with E-state index in [0.29, 0.717) is 29.7 Å². The average Bonchev–Trinajstić information content (AvgIpc) is 2.67. The van der Waals surface area contributed by atoms with Gasteiger partial charge >= 0.3 is 5.97 Å². The lowest BCUT2D eigenvalue weighted by Crippen LogP contribution is -2.30. The largest absolute Gasteiger partial charge is 0.450 e. The van der Waals surface area contributed by atoms with E-state index in [1.807, 2.05) is 0 Å². The molecular formula is C15H21NO4. The molecule has 1 aliphatic carbocycles. The second-order valence-corrected chi connectivity index (χ2v) is 5.45. The topological polar surface area (TPSA) is 79.4 Å². The molecule has 0 unspecified atom stereocenters. The second-order valence-electron chi connectivity index (χ2n) is 5.45. The number of ketones is 1. The van der Waals surface area contributed by atoms with Crippen LogP contribution in [0.25, 0.3) is 0 Å². The molecule has 20 heavy (non-hydrogen) atoms. The van der Waals surface area contributed by atoms with Crippen LogP contribution in [0.2, 0.25) is 0 Å². The predicted octanol–water partition coefficient (Wildman–Crippen LogP) is 2.35. The first-order chi connectivity index (χ1) is 9.41. The number of hydrogen-bond donors (Lipinski definition) is 2. The standard InChI is InChI=1S/C15H21NO4/c1-8-13(10(3)17)9(2)16-14(8)15(19)20-12-7-5-4-6-11(12)18/h10,12,16-17H,4-7H2,1-3H3/t10-,12-/m0/s1. The van der Waals surface area contributed by atoms with Crippen LogP contribution in [-0.4, -0.2) is 27.9 Å². The van der Waals surface area contributed by atoms with Gasteiger partial charge in [0.1, 0.15) is 5.69 Å². The predicted molar refractivity (Wildman–Crippen MR) is 73.6 cm³/mol. The number of rotatable bonds is 3. The molecule has 5 heteroatoms. The monoisotopic (exact) mass is 279 g/mol. The van der Waals surface area contributed by atoms with Crippen molar-refractivity contribution in [1.29, 1.82) is 0 Å². The van der Waals surface area contributed by atoms with E-state index < -0.39 is 18.2 Å². The fourth-order valence-electron chi connectivity index (χ4n) is 2.86. The Morgan fingerprint density at radius 1 is 1.40 bits per heavy atom. The van der Waals surface area contributed by atoms with Gasteiger partial charge in [0.25, 0.3) is 0 Å². The second kappa shape index (κ2) is 5.79. The zero-order chi connectivity index (χ0) is 14.9. The van der Waals surface area contributed by atoms with Crippen LogP contribution < -0.4 is 0 Å². The zero-order valence-electron chi connectivity index (χ0n) is 12.2. The number of H-pyrrole nitrogens is 1. The van der Waals surface area contributed by atoms with E-state index in [2.05, 4.69) is 4.98 Å². The highest BCUT2D eigenvalue weighted by Gasteiger charge is 2.28. The Bertz CT molecular complexity index is 530. The molecule has 5 nitrogen and oxygen atoms in total. The van der Waals surface area contributed by atoms with E-state index in [1.165, 1.54) is 0 Å². The van der Waals surface area contributed by atoms with Crippen molar-refractivity contribution in [3.8, 4) is 0 Å². The smallest absolute Gasteiger partial charge is 0.355 e. The van der Waals surface area contributed by atoms with Crippen molar-refractivity contribution in [1.82, 2.24) is 4.98 Å². The van der Waals surface area contributed by atoms with Gasteiger partial charge in [-0.25, -0.2) is 4.79 Å². The number of aliphatic hydroxyl groups excluding tert-OH is 1. The Balaban J connectivity index is 2.17. The molecule has 1 heterocycles. The molecule has 0 aliphatic heterocycles. The van der Waals surface area contributed by atoms with Gasteiger partial charge in [0.2, 0.25) is 0 Å². The van der Waals surface area contributed by atoms with Crippen molar-refractivity contribution in [3.05, 3.63) is 22.5 Å². The van der Waals surface area contributed by atoms with Crippen molar-refractivity contribution in [2.75, 3.05) is 0 Å². The fraction of sp³-hybridized carbons (Fsp3) is 0.600. The number of aromatic nitrogens is 1.